The predicted octanol–water partition coefficient (Wildman–Crippen LogP) is 1.33. The minimum Gasteiger partial charge on any atom is -0.332 e. The number of nitrogens with one attached hydrogen (secondary N) is 3. The first-order valence-corrected chi connectivity index (χ1v) is 8.37. The Morgan fingerprint density at radius 2 is 1.68 bits per heavy atom. The predicted molar refractivity (Wildman–Crippen MR) is 90.5 cm³/mol. The molecule has 6 nitrogen and oxygen atoms in total. The fraction of sp³-hybridized carbons (Fsp3) is 0.0714. The Labute approximate surface area is 134 Å². The average Bonchev–Trinajstić information content (AvgIpc) is 2.48. The number of thiocarbonyl (C=S) groups is 1. The highest BCUT2D eigenvalue weighted by molar-refractivity contribution is 7.89. The Hall–Kier alpha value is -2.00. The first-order valence-electron chi connectivity index (χ1n) is 6.42. The summed E-state index contributed by atoms with van der Waals surface area (Å²) in [6.45, 7) is 0.618. The number of anilines is 1. The molecule has 0 amide bonds. The summed E-state index contributed by atoms with van der Waals surface area (Å²) in [5, 5.41) is 8.34. The van der Waals surface area contributed by atoms with Gasteiger partial charge >= 0.3 is 0 Å². The van der Waals surface area contributed by atoms with Gasteiger partial charge in [-0.25, -0.2) is 19.0 Å². The summed E-state index contributed by atoms with van der Waals surface area (Å²) in [4.78, 5) is 0.0548. The second kappa shape index (κ2) is 7.32. The van der Waals surface area contributed by atoms with Crippen LogP contribution in [0.3, 0.4) is 0 Å². The van der Waals surface area contributed by atoms with Gasteiger partial charge in [0.05, 0.1) is 4.90 Å². The number of nitrogens with two attached hydrogens (primary N) is 1. The second-order valence-corrected chi connectivity index (χ2v) is 6.46. The molecule has 2 aromatic rings. The summed E-state index contributed by atoms with van der Waals surface area (Å²) < 4.78 is 22.3. The fourth-order valence-electron chi connectivity index (χ4n) is 1.71. The average molecular weight is 336 g/mol. The smallest absolute Gasteiger partial charge is 0.238 e. The Kier molecular flexibility index (Phi) is 5.45. The normalized spacial score (nSPS) is 11.0. The molecule has 116 valence electrons. The molecule has 0 fully saturated rings. The zero-order chi connectivity index (χ0) is 16.0. The number of primary sulfonamides is 1. The minimum atomic E-state index is -3.68. The van der Waals surface area contributed by atoms with Gasteiger partial charge in [-0.15, -0.1) is 0 Å². The van der Waals surface area contributed by atoms with Crippen LogP contribution in [-0.4, -0.2) is 13.5 Å². The Bertz CT molecular complexity index is 731. The first kappa shape index (κ1) is 16.4. The van der Waals surface area contributed by atoms with Crippen molar-refractivity contribution in [3.63, 3.8) is 0 Å². The van der Waals surface area contributed by atoms with E-state index in [1.54, 1.807) is 12.1 Å². The van der Waals surface area contributed by atoms with E-state index in [2.05, 4.69) is 16.2 Å². The van der Waals surface area contributed by atoms with Crippen LogP contribution >= 0.6 is 12.2 Å². The molecule has 0 aliphatic rings. The van der Waals surface area contributed by atoms with E-state index in [9.17, 15) is 8.42 Å². The molecule has 0 spiro atoms. The zero-order valence-electron chi connectivity index (χ0n) is 11.6. The summed E-state index contributed by atoms with van der Waals surface area (Å²) in [5.41, 5.74) is 7.62. The number of hydrogen-bond acceptors (Lipinski definition) is 4. The minimum absolute atomic E-state index is 0.0548. The van der Waals surface area contributed by atoms with Gasteiger partial charge in [0.15, 0.2) is 5.11 Å². The van der Waals surface area contributed by atoms with Crippen LogP contribution in [0, 0.1) is 0 Å². The number of benzene rings is 2. The van der Waals surface area contributed by atoms with E-state index in [-0.39, 0.29) is 4.90 Å². The highest BCUT2D eigenvalue weighted by atomic mass is 32.2. The molecule has 0 saturated carbocycles. The first-order chi connectivity index (χ1) is 10.4. The summed E-state index contributed by atoms with van der Waals surface area (Å²) in [6.07, 6.45) is 0. The van der Waals surface area contributed by atoms with Crippen molar-refractivity contribution in [2.75, 3.05) is 5.32 Å². The van der Waals surface area contributed by atoms with Gasteiger partial charge in [-0.1, -0.05) is 30.3 Å². The molecule has 0 unspecified atom stereocenters. The van der Waals surface area contributed by atoms with Crippen LogP contribution in [-0.2, 0) is 16.6 Å². The van der Waals surface area contributed by atoms with Gasteiger partial charge in [0.2, 0.25) is 10.0 Å². The van der Waals surface area contributed by atoms with Gasteiger partial charge in [0, 0.05) is 12.2 Å². The number of rotatable bonds is 5. The highest BCUT2D eigenvalue weighted by Crippen LogP contribution is 2.12. The Morgan fingerprint density at radius 3 is 2.27 bits per heavy atom. The lowest BCUT2D eigenvalue weighted by Crippen LogP contribution is -2.39. The van der Waals surface area contributed by atoms with E-state index in [4.69, 9.17) is 17.4 Å². The van der Waals surface area contributed by atoms with Crippen LogP contribution in [0.1, 0.15) is 5.56 Å². The quantitative estimate of drug-likeness (QED) is 0.486. The van der Waals surface area contributed by atoms with E-state index in [1.165, 1.54) is 12.1 Å². The fourth-order valence-corrected chi connectivity index (χ4v) is 2.42. The molecule has 5 N–H and O–H groups in total. The number of hydrazine groups is 1. The van der Waals surface area contributed by atoms with Crippen LogP contribution in [0.15, 0.2) is 59.5 Å². The van der Waals surface area contributed by atoms with Crippen molar-refractivity contribution in [1.82, 2.24) is 10.9 Å². The van der Waals surface area contributed by atoms with Crippen molar-refractivity contribution in [3.05, 3.63) is 60.2 Å². The standard InChI is InChI=1S/C14H16N4O2S2/c15-22(19,20)13-8-6-12(7-9-13)17-14(21)18-16-10-11-4-2-1-3-5-11/h1-9,16H,10H2,(H2,15,19,20)(H2,17,18,21). The highest BCUT2D eigenvalue weighted by Gasteiger charge is 2.06. The molecule has 22 heavy (non-hydrogen) atoms. The summed E-state index contributed by atoms with van der Waals surface area (Å²) >= 11 is 5.13. The second-order valence-electron chi connectivity index (χ2n) is 4.49. The summed E-state index contributed by atoms with van der Waals surface area (Å²) in [5.74, 6) is 0. The van der Waals surface area contributed by atoms with Crippen molar-refractivity contribution >= 4 is 33.0 Å². The lowest BCUT2D eigenvalue weighted by atomic mass is 10.2. The molecule has 8 heteroatoms. The maximum Gasteiger partial charge on any atom is 0.238 e. The van der Waals surface area contributed by atoms with Crippen molar-refractivity contribution in [3.8, 4) is 0 Å². The van der Waals surface area contributed by atoms with Crippen molar-refractivity contribution < 1.29 is 8.42 Å². The number of sulfonamides is 1. The van der Waals surface area contributed by atoms with E-state index in [0.29, 0.717) is 17.3 Å². The largest absolute Gasteiger partial charge is 0.332 e. The molecule has 0 aliphatic heterocycles. The number of hydrogen-bond donors (Lipinski definition) is 4. The topological polar surface area (TPSA) is 96.2 Å². The lowest BCUT2D eigenvalue weighted by Gasteiger charge is -2.12. The summed E-state index contributed by atoms with van der Waals surface area (Å²) in [7, 11) is -3.68. The maximum absolute atomic E-state index is 11.2. The third kappa shape index (κ3) is 5.08. The molecule has 0 aliphatic carbocycles. The van der Waals surface area contributed by atoms with Crippen LogP contribution in [0.4, 0.5) is 5.69 Å². The van der Waals surface area contributed by atoms with Crippen molar-refractivity contribution in [2.45, 2.75) is 11.4 Å². The van der Waals surface area contributed by atoms with Crippen molar-refractivity contribution in [2.24, 2.45) is 5.14 Å². The van der Waals surface area contributed by atoms with Gasteiger partial charge in [0.1, 0.15) is 0 Å². The molecule has 2 rings (SSSR count). The molecule has 0 aromatic heterocycles. The van der Waals surface area contributed by atoms with Crippen molar-refractivity contribution in [1.29, 1.82) is 0 Å². The molecule has 0 heterocycles. The van der Waals surface area contributed by atoms with Gasteiger partial charge in [-0.3, -0.25) is 5.43 Å². The van der Waals surface area contributed by atoms with Crippen LogP contribution in [0.25, 0.3) is 0 Å². The molecule has 0 saturated heterocycles. The van der Waals surface area contributed by atoms with Gasteiger partial charge < -0.3 is 5.32 Å². The SMILES string of the molecule is NS(=O)(=O)c1ccc(NC(=S)NNCc2ccccc2)cc1. The third-order valence-electron chi connectivity index (χ3n) is 2.78. The maximum atomic E-state index is 11.2. The monoisotopic (exact) mass is 336 g/mol. The molecule has 2 aromatic carbocycles. The molecular weight excluding hydrogens is 320 g/mol. The Balaban J connectivity index is 1.82. The summed E-state index contributed by atoms with van der Waals surface area (Å²) in [6, 6.07) is 15.9. The van der Waals surface area contributed by atoms with Crippen LogP contribution < -0.4 is 21.3 Å². The Morgan fingerprint density at radius 1 is 1.05 bits per heavy atom. The molecule has 0 atom stereocenters. The molecular formula is C14H16N4O2S2. The third-order valence-corrected chi connectivity index (χ3v) is 3.91. The van der Waals surface area contributed by atoms with Gasteiger partial charge in [-0.05, 0) is 42.0 Å². The lowest BCUT2D eigenvalue weighted by molar-refractivity contribution is 0.598. The van der Waals surface area contributed by atoms with Gasteiger partial charge in [0.25, 0.3) is 0 Å². The molecule has 0 radical (unpaired) electrons. The zero-order valence-corrected chi connectivity index (χ0v) is 13.2. The van der Waals surface area contributed by atoms with E-state index >= 15 is 0 Å². The van der Waals surface area contributed by atoms with E-state index < -0.39 is 10.0 Å². The van der Waals surface area contributed by atoms with Crippen LogP contribution in [0.5, 0.6) is 0 Å². The van der Waals surface area contributed by atoms with Gasteiger partial charge in [-0.2, -0.15) is 0 Å². The van der Waals surface area contributed by atoms with E-state index in [1.807, 2.05) is 30.3 Å². The van der Waals surface area contributed by atoms with E-state index in [0.717, 1.165) is 5.56 Å². The van der Waals surface area contributed by atoms with Crippen LogP contribution in [0.2, 0.25) is 0 Å². The molecule has 0 bridgehead atoms.